The number of rotatable bonds is 4. The minimum absolute atomic E-state index is 0.221. The van der Waals surface area contributed by atoms with Crippen LogP contribution in [0.4, 0.5) is 4.79 Å². The van der Waals surface area contributed by atoms with Crippen LogP contribution in [-0.4, -0.2) is 17.7 Å². The zero-order valence-corrected chi connectivity index (χ0v) is 7.59. The predicted molar refractivity (Wildman–Crippen MR) is 47.0 cm³/mol. The van der Waals surface area contributed by atoms with Crippen LogP contribution >= 0.6 is 21.6 Å². The fraction of sp³-hybridized carbons (Fsp3) is 0.667. The Bertz CT molecular complexity index is 95.7. The van der Waals surface area contributed by atoms with Crippen LogP contribution in [0, 0.1) is 6.92 Å². The van der Waals surface area contributed by atoms with Crippen molar-refractivity contribution >= 4 is 26.9 Å². The Labute approximate surface area is 69.5 Å². The summed E-state index contributed by atoms with van der Waals surface area (Å²) in [5.41, 5.74) is 0. The van der Waals surface area contributed by atoms with Gasteiger partial charge in [-0.25, -0.2) is 4.79 Å². The highest BCUT2D eigenvalue weighted by Crippen LogP contribution is 2.23. The molecule has 0 amide bonds. The molecule has 0 unspecified atom stereocenters. The summed E-state index contributed by atoms with van der Waals surface area (Å²) in [7, 11) is 2.66. The van der Waals surface area contributed by atoms with Crippen molar-refractivity contribution in [3.8, 4) is 0 Å². The second-order valence-corrected chi connectivity index (χ2v) is 3.85. The summed E-state index contributed by atoms with van der Waals surface area (Å²) in [5.74, 6) is 0.983. The summed E-state index contributed by atoms with van der Waals surface area (Å²) in [5, 5.41) is -0.242. The number of carbonyl (C=O) groups excluding carboxylic acids is 1. The SMILES string of the molecule is [CH2]COC(=O)SSCCC. The van der Waals surface area contributed by atoms with Crippen molar-refractivity contribution in [3.05, 3.63) is 6.92 Å². The van der Waals surface area contributed by atoms with Gasteiger partial charge in [-0.15, -0.1) is 0 Å². The van der Waals surface area contributed by atoms with E-state index in [4.69, 9.17) is 0 Å². The molecule has 0 saturated carbocycles. The van der Waals surface area contributed by atoms with Crippen molar-refractivity contribution in [1.82, 2.24) is 0 Å². The third kappa shape index (κ3) is 6.29. The van der Waals surface area contributed by atoms with Crippen LogP contribution in [0.15, 0.2) is 0 Å². The van der Waals surface area contributed by atoms with E-state index in [1.54, 1.807) is 0 Å². The normalized spacial score (nSPS) is 9.40. The van der Waals surface area contributed by atoms with E-state index in [1.807, 2.05) is 0 Å². The number of hydrogen-bond donors (Lipinski definition) is 0. The Hall–Kier alpha value is 0.170. The maximum Gasteiger partial charge on any atom is 0.378 e. The first kappa shape index (κ1) is 10.2. The Morgan fingerprint density at radius 2 is 2.40 bits per heavy atom. The molecule has 0 aliphatic rings. The zero-order chi connectivity index (χ0) is 7.82. The summed E-state index contributed by atoms with van der Waals surface area (Å²) in [6.07, 6.45) is 1.08. The highest BCUT2D eigenvalue weighted by molar-refractivity contribution is 8.82. The Balaban J connectivity index is 3.05. The molecule has 0 fully saturated rings. The molecule has 0 saturated heterocycles. The molecule has 2 nitrogen and oxygen atoms in total. The van der Waals surface area contributed by atoms with Crippen LogP contribution in [0.3, 0.4) is 0 Å². The van der Waals surface area contributed by atoms with Gasteiger partial charge >= 0.3 is 5.30 Å². The predicted octanol–water partition coefficient (Wildman–Crippen LogP) is 2.75. The molecular weight excluding hydrogens is 168 g/mol. The maximum atomic E-state index is 10.6. The largest absolute Gasteiger partial charge is 0.457 e. The molecule has 0 atom stereocenters. The smallest absolute Gasteiger partial charge is 0.378 e. The average Bonchev–Trinajstić information content (AvgIpc) is 1.89. The minimum atomic E-state index is -0.242. The lowest BCUT2D eigenvalue weighted by atomic mass is 10.6. The zero-order valence-electron chi connectivity index (χ0n) is 5.96. The first-order valence-electron chi connectivity index (χ1n) is 3.06. The Morgan fingerprint density at radius 1 is 1.70 bits per heavy atom. The molecule has 0 spiro atoms. The molecule has 0 N–H and O–H groups in total. The summed E-state index contributed by atoms with van der Waals surface area (Å²) < 4.78 is 4.58. The summed E-state index contributed by atoms with van der Waals surface area (Å²) in [6, 6.07) is 0. The second kappa shape index (κ2) is 7.28. The maximum absolute atomic E-state index is 10.6. The molecule has 4 heteroatoms. The standard InChI is InChI=1S/C6H11O2S2/c1-3-5-9-10-6(7)8-4-2/h2-5H2,1H3. The van der Waals surface area contributed by atoms with Crippen molar-refractivity contribution in [3.63, 3.8) is 0 Å². The lowest BCUT2D eigenvalue weighted by Gasteiger charge is -1.97. The second-order valence-electron chi connectivity index (χ2n) is 1.50. The molecule has 0 bridgehead atoms. The van der Waals surface area contributed by atoms with Crippen molar-refractivity contribution in [2.75, 3.05) is 12.4 Å². The molecule has 0 rings (SSSR count). The fourth-order valence-corrected chi connectivity index (χ4v) is 1.94. The highest BCUT2D eigenvalue weighted by Gasteiger charge is 2.00. The molecular formula is C6H11O2S2. The highest BCUT2D eigenvalue weighted by atomic mass is 33.1. The van der Waals surface area contributed by atoms with Gasteiger partial charge in [-0.05, 0) is 13.3 Å². The first-order chi connectivity index (χ1) is 4.81. The van der Waals surface area contributed by atoms with Crippen LogP contribution in [-0.2, 0) is 4.74 Å². The summed E-state index contributed by atoms with van der Waals surface area (Å²) >= 11 is 0. The molecule has 0 aliphatic carbocycles. The quantitative estimate of drug-likeness (QED) is 0.376. The Kier molecular flexibility index (Phi) is 7.40. The average molecular weight is 179 g/mol. The number of carbonyl (C=O) groups is 1. The number of hydrogen-bond acceptors (Lipinski definition) is 4. The molecule has 10 heavy (non-hydrogen) atoms. The van der Waals surface area contributed by atoms with Gasteiger partial charge < -0.3 is 4.74 Å². The van der Waals surface area contributed by atoms with E-state index in [1.165, 1.54) is 10.8 Å². The summed E-state index contributed by atoms with van der Waals surface area (Å²) in [6.45, 7) is 5.68. The molecule has 1 radical (unpaired) electrons. The van der Waals surface area contributed by atoms with Gasteiger partial charge in [-0.1, -0.05) is 17.7 Å². The Morgan fingerprint density at radius 3 is 2.90 bits per heavy atom. The van der Waals surface area contributed by atoms with Crippen LogP contribution < -0.4 is 0 Å². The van der Waals surface area contributed by atoms with Gasteiger partial charge in [0.15, 0.2) is 0 Å². The van der Waals surface area contributed by atoms with E-state index < -0.39 is 0 Å². The van der Waals surface area contributed by atoms with E-state index in [2.05, 4.69) is 18.6 Å². The van der Waals surface area contributed by atoms with Gasteiger partial charge in [0.1, 0.15) is 0 Å². The third-order valence-electron chi connectivity index (χ3n) is 0.634. The van der Waals surface area contributed by atoms with Crippen molar-refractivity contribution in [2.45, 2.75) is 13.3 Å². The molecule has 0 aromatic rings. The first-order valence-corrected chi connectivity index (χ1v) is 5.38. The topological polar surface area (TPSA) is 26.3 Å². The monoisotopic (exact) mass is 179 g/mol. The third-order valence-corrected chi connectivity index (χ3v) is 2.84. The van der Waals surface area contributed by atoms with E-state index in [0.717, 1.165) is 23.0 Å². The minimum Gasteiger partial charge on any atom is -0.457 e. The van der Waals surface area contributed by atoms with E-state index in [0.29, 0.717) is 0 Å². The van der Waals surface area contributed by atoms with E-state index >= 15 is 0 Å². The van der Waals surface area contributed by atoms with Crippen LogP contribution in [0.5, 0.6) is 0 Å². The van der Waals surface area contributed by atoms with Crippen molar-refractivity contribution in [2.24, 2.45) is 0 Å². The molecule has 0 aromatic heterocycles. The lowest BCUT2D eigenvalue weighted by Crippen LogP contribution is -1.93. The van der Waals surface area contributed by atoms with E-state index in [9.17, 15) is 4.79 Å². The summed E-state index contributed by atoms with van der Waals surface area (Å²) in [4.78, 5) is 10.6. The van der Waals surface area contributed by atoms with Crippen molar-refractivity contribution in [1.29, 1.82) is 0 Å². The van der Waals surface area contributed by atoms with Gasteiger partial charge in [-0.3, -0.25) is 0 Å². The van der Waals surface area contributed by atoms with Gasteiger partial charge in [0.05, 0.1) is 6.61 Å². The number of ether oxygens (including phenoxy) is 1. The fourth-order valence-electron chi connectivity index (χ4n) is 0.281. The molecule has 59 valence electrons. The van der Waals surface area contributed by atoms with Crippen LogP contribution in [0.1, 0.15) is 13.3 Å². The van der Waals surface area contributed by atoms with Crippen LogP contribution in [0.2, 0.25) is 0 Å². The van der Waals surface area contributed by atoms with Crippen LogP contribution in [0.25, 0.3) is 0 Å². The lowest BCUT2D eigenvalue weighted by molar-refractivity contribution is 0.187. The molecule has 0 heterocycles. The van der Waals surface area contributed by atoms with Gasteiger partial charge in [0.2, 0.25) is 0 Å². The van der Waals surface area contributed by atoms with Crippen molar-refractivity contribution < 1.29 is 9.53 Å². The molecule has 0 aliphatic heterocycles. The van der Waals surface area contributed by atoms with E-state index in [-0.39, 0.29) is 11.9 Å². The van der Waals surface area contributed by atoms with Gasteiger partial charge in [-0.2, -0.15) is 0 Å². The molecule has 0 aromatic carbocycles. The van der Waals surface area contributed by atoms with Gasteiger partial charge in [0, 0.05) is 16.5 Å². The van der Waals surface area contributed by atoms with Gasteiger partial charge in [0.25, 0.3) is 0 Å².